The molecule has 2 rings (SSSR count). The predicted molar refractivity (Wildman–Crippen MR) is 90.1 cm³/mol. The van der Waals surface area contributed by atoms with Crippen LogP contribution in [0.3, 0.4) is 0 Å². The van der Waals surface area contributed by atoms with Crippen molar-refractivity contribution < 1.29 is 14.3 Å². The smallest absolute Gasteiger partial charge is 0.265 e. The van der Waals surface area contributed by atoms with Gasteiger partial charge in [-0.05, 0) is 49.4 Å². The minimum Gasteiger partial charge on any atom is -0.479 e. The SMILES string of the molecule is C[C@@H](Oc1ccc(Cl)cc1Cl)C(=O)Nc1ccc(C(N)=O)cc1. The Balaban J connectivity index is 2.00. The van der Waals surface area contributed by atoms with E-state index in [1.165, 1.54) is 18.2 Å². The summed E-state index contributed by atoms with van der Waals surface area (Å²) in [7, 11) is 0. The summed E-state index contributed by atoms with van der Waals surface area (Å²) in [5.74, 6) is -0.525. The van der Waals surface area contributed by atoms with Crippen molar-refractivity contribution in [2.45, 2.75) is 13.0 Å². The minimum absolute atomic E-state index is 0.322. The summed E-state index contributed by atoms with van der Waals surface area (Å²) in [6.45, 7) is 1.60. The lowest BCUT2D eigenvalue weighted by Gasteiger charge is -2.16. The Morgan fingerprint density at radius 2 is 1.78 bits per heavy atom. The number of amides is 2. The molecule has 0 saturated carbocycles. The maximum atomic E-state index is 12.1. The summed E-state index contributed by atoms with van der Waals surface area (Å²) in [5, 5.41) is 3.48. The van der Waals surface area contributed by atoms with Gasteiger partial charge in [0, 0.05) is 16.3 Å². The van der Waals surface area contributed by atoms with Gasteiger partial charge in [0.05, 0.1) is 5.02 Å². The molecule has 0 unspecified atom stereocenters. The van der Waals surface area contributed by atoms with Gasteiger partial charge in [0.25, 0.3) is 5.91 Å². The lowest BCUT2D eigenvalue weighted by atomic mass is 10.2. The van der Waals surface area contributed by atoms with Crippen LogP contribution in [-0.2, 0) is 4.79 Å². The number of primary amides is 1. The van der Waals surface area contributed by atoms with Crippen molar-refractivity contribution in [3.8, 4) is 5.75 Å². The molecule has 1 atom stereocenters. The predicted octanol–water partition coefficient (Wildman–Crippen LogP) is 3.50. The molecule has 2 aromatic carbocycles. The number of hydrogen-bond donors (Lipinski definition) is 2. The molecule has 2 aromatic rings. The van der Waals surface area contributed by atoms with Crippen molar-refractivity contribution in [1.29, 1.82) is 0 Å². The molecular formula is C16H14Cl2N2O3. The molecule has 0 aliphatic heterocycles. The molecule has 0 heterocycles. The Hall–Kier alpha value is -2.24. The van der Waals surface area contributed by atoms with Crippen LogP contribution < -0.4 is 15.8 Å². The van der Waals surface area contributed by atoms with Gasteiger partial charge in [0.2, 0.25) is 5.91 Å². The van der Waals surface area contributed by atoms with Crippen LogP contribution in [0.5, 0.6) is 5.75 Å². The Labute approximate surface area is 143 Å². The maximum absolute atomic E-state index is 12.1. The number of ether oxygens (including phenoxy) is 1. The van der Waals surface area contributed by atoms with E-state index in [-0.39, 0.29) is 5.91 Å². The zero-order valence-corrected chi connectivity index (χ0v) is 13.7. The molecule has 3 N–H and O–H groups in total. The highest BCUT2D eigenvalue weighted by molar-refractivity contribution is 6.35. The van der Waals surface area contributed by atoms with Gasteiger partial charge in [-0.2, -0.15) is 0 Å². The summed E-state index contributed by atoms with van der Waals surface area (Å²) >= 11 is 11.8. The molecule has 0 radical (unpaired) electrons. The summed E-state index contributed by atoms with van der Waals surface area (Å²) < 4.78 is 5.52. The number of hydrogen-bond acceptors (Lipinski definition) is 3. The number of anilines is 1. The van der Waals surface area contributed by atoms with E-state index in [9.17, 15) is 9.59 Å². The van der Waals surface area contributed by atoms with Gasteiger partial charge >= 0.3 is 0 Å². The molecule has 0 spiro atoms. The van der Waals surface area contributed by atoms with Crippen LogP contribution in [-0.4, -0.2) is 17.9 Å². The molecule has 0 fully saturated rings. The third kappa shape index (κ3) is 4.61. The minimum atomic E-state index is -0.774. The Kier molecular flexibility index (Phi) is 5.47. The quantitative estimate of drug-likeness (QED) is 0.863. The van der Waals surface area contributed by atoms with Gasteiger partial charge < -0.3 is 15.8 Å². The van der Waals surface area contributed by atoms with E-state index >= 15 is 0 Å². The molecule has 7 heteroatoms. The Morgan fingerprint density at radius 1 is 1.13 bits per heavy atom. The first-order chi connectivity index (χ1) is 10.9. The van der Waals surface area contributed by atoms with Crippen molar-refractivity contribution in [2.24, 2.45) is 5.73 Å². The molecule has 0 saturated heterocycles. The summed E-state index contributed by atoms with van der Waals surface area (Å²) in [6, 6.07) is 11.0. The van der Waals surface area contributed by atoms with E-state index in [1.807, 2.05) is 0 Å². The second-order valence-electron chi connectivity index (χ2n) is 4.77. The van der Waals surface area contributed by atoms with Crippen LogP contribution in [0.1, 0.15) is 17.3 Å². The normalized spacial score (nSPS) is 11.6. The number of carbonyl (C=O) groups excluding carboxylic acids is 2. The van der Waals surface area contributed by atoms with E-state index in [1.54, 1.807) is 31.2 Å². The Bertz CT molecular complexity index is 733. The molecule has 2 amide bonds. The maximum Gasteiger partial charge on any atom is 0.265 e. The summed E-state index contributed by atoms with van der Waals surface area (Å²) in [4.78, 5) is 23.1. The second-order valence-corrected chi connectivity index (χ2v) is 5.61. The molecule has 120 valence electrons. The molecule has 0 aliphatic carbocycles. The summed E-state index contributed by atoms with van der Waals surface area (Å²) in [5.41, 5.74) is 6.04. The van der Waals surface area contributed by atoms with Gasteiger partial charge in [0.15, 0.2) is 6.10 Å². The average Bonchev–Trinajstić information content (AvgIpc) is 2.50. The molecule has 5 nitrogen and oxygen atoms in total. The fraction of sp³-hybridized carbons (Fsp3) is 0.125. The van der Waals surface area contributed by atoms with Gasteiger partial charge in [-0.15, -0.1) is 0 Å². The topological polar surface area (TPSA) is 81.4 Å². The second kappa shape index (κ2) is 7.35. The van der Waals surface area contributed by atoms with E-state index in [4.69, 9.17) is 33.7 Å². The van der Waals surface area contributed by atoms with Crippen molar-refractivity contribution >= 4 is 40.7 Å². The van der Waals surface area contributed by atoms with Crippen molar-refractivity contribution in [3.63, 3.8) is 0 Å². The van der Waals surface area contributed by atoms with Crippen LogP contribution in [0.25, 0.3) is 0 Å². The zero-order valence-electron chi connectivity index (χ0n) is 12.2. The lowest BCUT2D eigenvalue weighted by molar-refractivity contribution is -0.122. The van der Waals surface area contributed by atoms with Crippen molar-refractivity contribution in [2.75, 3.05) is 5.32 Å². The average molecular weight is 353 g/mol. The fourth-order valence-electron chi connectivity index (χ4n) is 1.78. The van der Waals surface area contributed by atoms with Crippen molar-refractivity contribution in [1.82, 2.24) is 0 Å². The molecule has 0 aromatic heterocycles. The fourth-order valence-corrected chi connectivity index (χ4v) is 2.23. The molecular weight excluding hydrogens is 339 g/mol. The van der Waals surface area contributed by atoms with Crippen LogP contribution >= 0.6 is 23.2 Å². The first kappa shape index (κ1) is 17.1. The molecule has 0 aliphatic rings. The highest BCUT2D eigenvalue weighted by atomic mass is 35.5. The lowest BCUT2D eigenvalue weighted by Crippen LogP contribution is -2.30. The number of carbonyl (C=O) groups is 2. The van der Waals surface area contributed by atoms with Crippen molar-refractivity contribution in [3.05, 3.63) is 58.1 Å². The third-order valence-electron chi connectivity index (χ3n) is 3.00. The van der Waals surface area contributed by atoms with E-state index < -0.39 is 12.0 Å². The molecule has 23 heavy (non-hydrogen) atoms. The highest BCUT2D eigenvalue weighted by Gasteiger charge is 2.16. The first-order valence-corrected chi connectivity index (χ1v) is 7.45. The first-order valence-electron chi connectivity index (χ1n) is 6.69. The van der Waals surface area contributed by atoms with E-state index in [2.05, 4.69) is 5.32 Å². The zero-order chi connectivity index (χ0) is 17.0. The van der Waals surface area contributed by atoms with Gasteiger partial charge in [-0.1, -0.05) is 23.2 Å². The van der Waals surface area contributed by atoms with E-state index in [0.29, 0.717) is 27.0 Å². The van der Waals surface area contributed by atoms with Crippen LogP contribution in [0.4, 0.5) is 5.69 Å². The van der Waals surface area contributed by atoms with Crippen LogP contribution in [0.2, 0.25) is 10.0 Å². The third-order valence-corrected chi connectivity index (χ3v) is 3.53. The van der Waals surface area contributed by atoms with Crippen LogP contribution in [0, 0.1) is 0 Å². The Morgan fingerprint density at radius 3 is 2.35 bits per heavy atom. The number of benzene rings is 2. The van der Waals surface area contributed by atoms with Gasteiger partial charge in [-0.25, -0.2) is 0 Å². The van der Waals surface area contributed by atoms with Gasteiger partial charge in [0.1, 0.15) is 5.75 Å². The van der Waals surface area contributed by atoms with Gasteiger partial charge in [-0.3, -0.25) is 9.59 Å². The van der Waals surface area contributed by atoms with Crippen LogP contribution in [0.15, 0.2) is 42.5 Å². The number of rotatable bonds is 5. The standard InChI is InChI=1S/C16H14Cl2N2O3/c1-9(23-14-7-4-11(17)8-13(14)18)16(22)20-12-5-2-10(3-6-12)15(19)21/h2-9H,1H3,(H2,19,21)(H,20,22)/t9-/m1/s1. The molecule has 0 bridgehead atoms. The monoisotopic (exact) mass is 352 g/mol. The van der Waals surface area contributed by atoms with E-state index in [0.717, 1.165) is 0 Å². The number of nitrogens with two attached hydrogens (primary N) is 1. The highest BCUT2D eigenvalue weighted by Crippen LogP contribution is 2.28. The largest absolute Gasteiger partial charge is 0.479 e. The summed E-state index contributed by atoms with van der Waals surface area (Å²) in [6.07, 6.45) is -0.774. The number of halogens is 2. The number of nitrogens with one attached hydrogen (secondary N) is 1.